The molecular formula is C12H19NOS. The van der Waals surface area contributed by atoms with Gasteiger partial charge in [-0.1, -0.05) is 6.92 Å². The van der Waals surface area contributed by atoms with Crippen LogP contribution in [-0.2, 0) is 4.74 Å². The molecule has 1 aromatic rings. The van der Waals surface area contributed by atoms with Crippen LogP contribution in [0.2, 0.25) is 0 Å². The first-order valence-electron chi connectivity index (χ1n) is 5.76. The second-order valence-electron chi connectivity index (χ2n) is 4.10. The van der Waals surface area contributed by atoms with E-state index in [0.717, 1.165) is 19.7 Å². The quantitative estimate of drug-likeness (QED) is 0.778. The lowest BCUT2D eigenvalue weighted by Crippen LogP contribution is -2.25. The van der Waals surface area contributed by atoms with Gasteiger partial charge in [-0.25, -0.2) is 0 Å². The van der Waals surface area contributed by atoms with Crippen molar-refractivity contribution in [2.24, 2.45) is 5.92 Å². The van der Waals surface area contributed by atoms with Crippen LogP contribution in [0, 0.1) is 5.92 Å². The Morgan fingerprint density at radius 1 is 1.60 bits per heavy atom. The zero-order chi connectivity index (χ0) is 10.5. The summed E-state index contributed by atoms with van der Waals surface area (Å²) < 4.78 is 5.81. The molecule has 0 spiro atoms. The molecule has 0 saturated carbocycles. The van der Waals surface area contributed by atoms with Crippen LogP contribution < -0.4 is 5.32 Å². The lowest BCUT2D eigenvalue weighted by Gasteiger charge is -2.17. The highest BCUT2D eigenvalue weighted by Gasteiger charge is 2.29. The van der Waals surface area contributed by atoms with Gasteiger partial charge in [0.2, 0.25) is 0 Å². The van der Waals surface area contributed by atoms with E-state index in [-0.39, 0.29) is 0 Å². The van der Waals surface area contributed by atoms with Gasteiger partial charge in [0.05, 0.1) is 6.10 Å². The van der Waals surface area contributed by atoms with Gasteiger partial charge in [0, 0.05) is 19.1 Å². The molecule has 0 bridgehead atoms. The van der Waals surface area contributed by atoms with E-state index in [2.05, 4.69) is 29.1 Å². The van der Waals surface area contributed by atoms with Gasteiger partial charge >= 0.3 is 0 Å². The lowest BCUT2D eigenvalue weighted by molar-refractivity contribution is 0.0909. The first-order valence-corrected chi connectivity index (χ1v) is 6.70. The fourth-order valence-corrected chi connectivity index (χ4v) is 2.80. The molecule has 0 amide bonds. The normalized spacial score (nSPS) is 25.9. The number of ether oxygens (including phenoxy) is 1. The Hall–Kier alpha value is -0.380. The molecule has 84 valence electrons. The minimum Gasteiger partial charge on any atom is -0.373 e. The Labute approximate surface area is 95.6 Å². The van der Waals surface area contributed by atoms with Crippen molar-refractivity contribution in [1.82, 2.24) is 5.32 Å². The summed E-state index contributed by atoms with van der Waals surface area (Å²) in [4.78, 5) is 0. The van der Waals surface area contributed by atoms with Crippen molar-refractivity contribution >= 4 is 11.3 Å². The molecule has 2 atom stereocenters. The number of thiophene rings is 1. The topological polar surface area (TPSA) is 21.3 Å². The van der Waals surface area contributed by atoms with Gasteiger partial charge in [-0.2, -0.15) is 11.3 Å². The average molecular weight is 225 g/mol. The van der Waals surface area contributed by atoms with Gasteiger partial charge in [-0.15, -0.1) is 0 Å². The van der Waals surface area contributed by atoms with Crippen molar-refractivity contribution in [2.75, 3.05) is 19.7 Å². The monoisotopic (exact) mass is 225 g/mol. The molecule has 0 aromatic carbocycles. The molecule has 1 aromatic heterocycles. The van der Waals surface area contributed by atoms with E-state index in [9.17, 15) is 0 Å². The molecule has 2 heterocycles. The highest BCUT2D eigenvalue weighted by atomic mass is 32.1. The van der Waals surface area contributed by atoms with Crippen molar-refractivity contribution in [3.05, 3.63) is 22.4 Å². The smallest absolute Gasteiger partial charge is 0.0874 e. The zero-order valence-corrected chi connectivity index (χ0v) is 10.1. The summed E-state index contributed by atoms with van der Waals surface area (Å²) in [5.41, 5.74) is 1.36. The lowest BCUT2D eigenvalue weighted by atomic mass is 9.97. The summed E-state index contributed by atoms with van der Waals surface area (Å²) in [6.45, 7) is 5.33. The van der Waals surface area contributed by atoms with E-state index in [4.69, 9.17) is 4.74 Å². The maximum Gasteiger partial charge on any atom is 0.0874 e. The van der Waals surface area contributed by atoms with Crippen LogP contribution in [0.25, 0.3) is 0 Å². The van der Waals surface area contributed by atoms with Gasteiger partial charge in [0.1, 0.15) is 0 Å². The van der Waals surface area contributed by atoms with E-state index < -0.39 is 0 Å². The van der Waals surface area contributed by atoms with Crippen molar-refractivity contribution < 1.29 is 4.74 Å². The summed E-state index contributed by atoms with van der Waals surface area (Å²) in [7, 11) is 0. The number of hydrogen-bond donors (Lipinski definition) is 1. The third-order valence-electron chi connectivity index (χ3n) is 2.92. The Balaban J connectivity index is 1.88. The van der Waals surface area contributed by atoms with Gasteiger partial charge in [-0.3, -0.25) is 0 Å². The molecule has 0 aliphatic carbocycles. The molecule has 1 fully saturated rings. The second-order valence-corrected chi connectivity index (χ2v) is 4.88. The SMILES string of the molecule is CCCNCC1CCOC1c1ccsc1. The minimum absolute atomic E-state index is 0.334. The van der Waals surface area contributed by atoms with Crippen molar-refractivity contribution in [3.8, 4) is 0 Å². The largest absolute Gasteiger partial charge is 0.373 e. The van der Waals surface area contributed by atoms with E-state index >= 15 is 0 Å². The van der Waals surface area contributed by atoms with Gasteiger partial charge in [0.25, 0.3) is 0 Å². The molecular weight excluding hydrogens is 206 g/mol. The molecule has 2 rings (SSSR count). The van der Waals surface area contributed by atoms with Crippen LogP contribution in [0.4, 0.5) is 0 Å². The van der Waals surface area contributed by atoms with Crippen LogP contribution in [-0.4, -0.2) is 19.7 Å². The fourth-order valence-electron chi connectivity index (χ4n) is 2.11. The van der Waals surface area contributed by atoms with Gasteiger partial charge in [-0.05, 0) is 41.8 Å². The van der Waals surface area contributed by atoms with Crippen LogP contribution in [0.1, 0.15) is 31.4 Å². The van der Waals surface area contributed by atoms with Crippen LogP contribution in [0.15, 0.2) is 16.8 Å². The molecule has 2 nitrogen and oxygen atoms in total. The second kappa shape index (κ2) is 5.64. The summed E-state index contributed by atoms with van der Waals surface area (Å²) in [6, 6.07) is 2.19. The highest BCUT2D eigenvalue weighted by Crippen LogP contribution is 2.34. The average Bonchev–Trinajstić information content (AvgIpc) is 2.87. The molecule has 1 aliphatic heterocycles. The van der Waals surface area contributed by atoms with Gasteiger partial charge in [0.15, 0.2) is 0 Å². The summed E-state index contributed by atoms with van der Waals surface area (Å²) in [6.07, 6.45) is 2.73. The predicted octanol–water partition coefficient (Wildman–Crippen LogP) is 2.83. The molecule has 3 heteroatoms. The van der Waals surface area contributed by atoms with E-state index in [1.807, 2.05) is 0 Å². The minimum atomic E-state index is 0.334. The highest BCUT2D eigenvalue weighted by molar-refractivity contribution is 7.07. The summed E-state index contributed by atoms with van der Waals surface area (Å²) >= 11 is 1.76. The Kier molecular flexibility index (Phi) is 4.18. The van der Waals surface area contributed by atoms with Crippen LogP contribution >= 0.6 is 11.3 Å². The first-order chi connectivity index (χ1) is 7.42. The number of rotatable bonds is 5. The third-order valence-corrected chi connectivity index (χ3v) is 3.62. The molecule has 1 aliphatic rings. The van der Waals surface area contributed by atoms with E-state index in [1.165, 1.54) is 18.4 Å². The maximum atomic E-state index is 5.81. The Morgan fingerprint density at radius 2 is 2.53 bits per heavy atom. The van der Waals surface area contributed by atoms with Crippen LogP contribution in [0.3, 0.4) is 0 Å². The fraction of sp³-hybridized carbons (Fsp3) is 0.667. The number of hydrogen-bond acceptors (Lipinski definition) is 3. The van der Waals surface area contributed by atoms with Crippen LogP contribution in [0.5, 0.6) is 0 Å². The molecule has 15 heavy (non-hydrogen) atoms. The van der Waals surface area contributed by atoms with Crippen molar-refractivity contribution in [1.29, 1.82) is 0 Å². The number of nitrogens with one attached hydrogen (secondary N) is 1. The predicted molar refractivity (Wildman–Crippen MR) is 64.3 cm³/mol. The van der Waals surface area contributed by atoms with Crippen molar-refractivity contribution in [3.63, 3.8) is 0 Å². The molecule has 1 N–H and O–H groups in total. The molecule has 2 unspecified atom stereocenters. The van der Waals surface area contributed by atoms with Crippen molar-refractivity contribution in [2.45, 2.75) is 25.9 Å². The molecule has 1 saturated heterocycles. The zero-order valence-electron chi connectivity index (χ0n) is 9.24. The maximum absolute atomic E-state index is 5.81. The summed E-state index contributed by atoms with van der Waals surface area (Å²) in [5.74, 6) is 0.658. The molecule has 0 radical (unpaired) electrons. The van der Waals surface area contributed by atoms with E-state index in [0.29, 0.717) is 12.0 Å². The van der Waals surface area contributed by atoms with Gasteiger partial charge < -0.3 is 10.1 Å². The Morgan fingerprint density at radius 3 is 3.27 bits per heavy atom. The standard InChI is InChI=1S/C12H19NOS/c1-2-5-13-8-10-3-6-14-12(10)11-4-7-15-9-11/h4,7,9-10,12-13H,2-3,5-6,8H2,1H3. The third kappa shape index (κ3) is 2.80. The Bertz CT molecular complexity index is 273. The van der Waals surface area contributed by atoms with E-state index in [1.54, 1.807) is 11.3 Å². The first kappa shape index (κ1) is 11.1. The summed E-state index contributed by atoms with van der Waals surface area (Å²) in [5, 5.41) is 7.84.